The second-order valence-corrected chi connectivity index (χ2v) is 16.0. The maximum absolute atomic E-state index is 2.59. The third kappa shape index (κ3) is 3.59. The van der Waals surface area contributed by atoms with Crippen LogP contribution < -0.4 is 4.48 Å². The van der Waals surface area contributed by atoms with Gasteiger partial charge in [0.15, 0.2) is 0 Å². The molecule has 1 nitrogen and oxygen atoms in total. The first-order valence-corrected chi connectivity index (χ1v) is 17.4. The Morgan fingerprint density at radius 2 is 1.04 bits per heavy atom. The van der Waals surface area contributed by atoms with Gasteiger partial charge in [-0.3, -0.25) is 0 Å². The van der Waals surface area contributed by atoms with Gasteiger partial charge in [-0.05, 0) is 68.1 Å². The number of nitrogens with zero attached hydrogens (tertiary/aromatic N) is 1. The molecule has 1 heteroatoms. The highest BCUT2D eigenvalue weighted by molar-refractivity contribution is 5.91. The molecule has 0 amide bonds. The third-order valence-corrected chi connectivity index (χ3v) is 12.6. The molecule has 5 aromatic rings. The molecule has 232 valence electrons. The molecular weight excluding hydrogens is 567 g/mol. The molecule has 0 aromatic heterocycles. The van der Waals surface area contributed by atoms with Crippen LogP contribution in [0.25, 0.3) is 27.8 Å². The molecule has 0 aliphatic heterocycles. The first-order chi connectivity index (χ1) is 22.5. The first kappa shape index (κ1) is 28.7. The van der Waals surface area contributed by atoms with Crippen LogP contribution in [0.15, 0.2) is 127 Å². The summed E-state index contributed by atoms with van der Waals surface area (Å²) >= 11 is 0. The number of rotatable bonds is 3. The molecule has 0 N–H and O–H groups in total. The summed E-state index contributed by atoms with van der Waals surface area (Å²) in [4.78, 5) is 0. The van der Waals surface area contributed by atoms with Crippen molar-refractivity contribution < 1.29 is 0 Å². The van der Waals surface area contributed by atoms with Gasteiger partial charge in [-0.15, -0.1) is 0 Å². The van der Waals surface area contributed by atoms with E-state index in [1.807, 2.05) is 0 Å². The Kier molecular flexibility index (Phi) is 5.71. The van der Waals surface area contributed by atoms with E-state index in [0.29, 0.717) is 4.48 Å². The molecule has 0 saturated heterocycles. The molecule has 0 radical (unpaired) electrons. The molecule has 0 heterocycles. The van der Waals surface area contributed by atoms with Crippen molar-refractivity contribution in [3.8, 4) is 22.3 Å². The van der Waals surface area contributed by atoms with Crippen LogP contribution in [0.4, 0.5) is 11.4 Å². The Labute approximate surface area is 280 Å². The average molecular weight is 611 g/mol. The van der Waals surface area contributed by atoms with Crippen LogP contribution in [0.1, 0.15) is 87.8 Å². The van der Waals surface area contributed by atoms with Gasteiger partial charge in [0.1, 0.15) is 17.1 Å². The van der Waals surface area contributed by atoms with E-state index in [2.05, 4.69) is 164 Å². The Morgan fingerprint density at radius 3 is 1.74 bits per heavy atom. The van der Waals surface area contributed by atoms with E-state index < -0.39 is 0 Å². The highest BCUT2D eigenvalue weighted by atomic mass is 15.4. The lowest BCUT2D eigenvalue weighted by molar-refractivity contribution is 0.502. The molecule has 1 unspecified atom stereocenters. The average Bonchev–Trinajstić information content (AvgIpc) is 3.57. The van der Waals surface area contributed by atoms with Crippen molar-refractivity contribution in [2.45, 2.75) is 70.6 Å². The highest BCUT2D eigenvalue weighted by Crippen LogP contribution is 2.59. The van der Waals surface area contributed by atoms with Gasteiger partial charge in [0.05, 0.1) is 7.05 Å². The van der Waals surface area contributed by atoms with Crippen LogP contribution in [-0.2, 0) is 16.2 Å². The fourth-order valence-corrected chi connectivity index (χ4v) is 10.0. The summed E-state index contributed by atoms with van der Waals surface area (Å²) in [6, 6.07) is 41.7. The number of fused-ring (bicyclic) bond motifs is 8. The Hall–Kier alpha value is -4.46. The molecule has 4 aliphatic rings. The summed E-state index contributed by atoms with van der Waals surface area (Å²) < 4.78 is 0.666. The van der Waals surface area contributed by atoms with Gasteiger partial charge < -0.3 is 0 Å². The molecule has 1 atom stereocenters. The van der Waals surface area contributed by atoms with Crippen molar-refractivity contribution in [2.24, 2.45) is 0 Å². The van der Waals surface area contributed by atoms with Crippen molar-refractivity contribution in [1.82, 2.24) is 4.48 Å². The van der Waals surface area contributed by atoms with Crippen LogP contribution in [0.5, 0.6) is 0 Å². The summed E-state index contributed by atoms with van der Waals surface area (Å²) in [6.07, 6.45) is 4.70. The second kappa shape index (κ2) is 9.33. The Balaban J connectivity index is 1.33. The predicted octanol–water partition coefficient (Wildman–Crippen LogP) is 12.0. The maximum Gasteiger partial charge on any atom is 0.147 e. The molecule has 0 spiro atoms. The van der Waals surface area contributed by atoms with E-state index in [1.165, 1.54) is 78.3 Å². The van der Waals surface area contributed by atoms with Crippen LogP contribution in [0.3, 0.4) is 0 Å². The minimum Gasteiger partial charge on any atom is -0.232 e. The van der Waals surface area contributed by atoms with E-state index in [1.54, 1.807) is 5.57 Å². The lowest BCUT2D eigenvalue weighted by Gasteiger charge is -2.40. The topological polar surface area (TPSA) is 0 Å². The van der Waals surface area contributed by atoms with Crippen molar-refractivity contribution >= 4 is 16.9 Å². The fourth-order valence-electron chi connectivity index (χ4n) is 10.0. The predicted molar refractivity (Wildman–Crippen MR) is 199 cm³/mol. The number of hydrogen-bond donors (Lipinski definition) is 0. The Bertz CT molecular complexity index is 2240. The monoisotopic (exact) mass is 610 g/mol. The molecule has 4 aliphatic carbocycles. The summed E-state index contributed by atoms with van der Waals surface area (Å²) in [6.45, 7) is 14.5. The third-order valence-electron chi connectivity index (χ3n) is 12.6. The number of allylic oxidation sites excluding steroid dienone is 4. The molecule has 0 bridgehead atoms. The smallest absolute Gasteiger partial charge is 0.147 e. The lowest BCUT2D eigenvalue weighted by Crippen LogP contribution is -2.41. The molecule has 0 saturated carbocycles. The quantitative estimate of drug-likeness (QED) is 0.178. The minimum atomic E-state index is -0.115. The Morgan fingerprint density at radius 1 is 0.489 bits per heavy atom. The van der Waals surface area contributed by atoms with Gasteiger partial charge in [-0.1, -0.05) is 132 Å². The van der Waals surface area contributed by atoms with Gasteiger partial charge in [0, 0.05) is 52.5 Å². The van der Waals surface area contributed by atoms with Gasteiger partial charge in [-0.2, -0.15) is 0 Å². The van der Waals surface area contributed by atoms with E-state index in [4.69, 9.17) is 0 Å². The van der Waals surface area contributed by atoms with E-state index in [0.717, 1.165) is 12.8 Å². The summed E-state index contributed by atoms with van der Waals surface area (Å²) in [7, 11) is 2.48. The minimum absolute atomic E-state index is 0.0539. The second-order valence-electron chi connectivity index (χ2n) is 16.0. The van der Waals surface area contributed by atoms with Crippen molar-refractivity contribution in [3.05, 3.63) is 160 Å². The first-order valence-electron chi connectivity index (χ1n) is 17.4. The zero-order chi connectivity index (χ0) is 32.5. The van der Waals surface area contributed by atoms with Gasteiger partial charge >= 0.3 is 0 Å². The molecule has 5 aromatic carbocycles. The van der Waals surface area contributed by atoms with Crippen molar-refractivity contribution in [1.29, 1.82) is 0 Å². The lowest BCUT2D eigenvalue weighted by atomic mass is 9.77. The number of benzene rings is 5. The summed E-state index contributed by atoms with van der Waals surface area (Å²) in [5, 5.41) is 0. The molecule has 47 heavy (non-hydrogen) atoms. The summed E-state index contributed by atoms with van der Waals surface area (Å²) in [5.41, 5.74) is 21.2. The number of hydrogen-bond acceptors (Lipinski definition) is 0. The van der Waals surface area contributed by atoms with Crippen molar-refractivity contribution in [2.75, 3.05) is 7.05 Å². The van der Waals surface area contributed by atoms with Crippen molar-refractivity contribution in [3.63, 3.8) is 0 Å². The van der Waals surface area contributed by atoms with Gasteiger partial charge in [0.25, 0.3) is 0 Å². The normalized spacial score (nSPS) is 19.9. The molecule has 9 rings (SSSR count). The van der Waals surface area contributed by atoms with E-state index >= 15 is 0 Å². The van der Waals surface area contributed by atoms with Crippen LogP contribution in [-0.4, -0.2) is 7.05 Å². The van der Waals surface area contributed by atoms with E-state index in [-0.39, 0.29) is 16.2 Å². The van der Waals surface area contributed by atoms with Crippen LogP contribution in [0, 0.1) is 0 Å². The number of quaternary nitrogens is 1. The SMILES string of the molecule is CC1(C)C2=C(C=C([N+](C)(c3ccc4c(c3)C(C)(C)c3ccccc3-4)c3cccc4c3C(C)(C)c3ccccc3-4)CC2)c2ccccc21. The van der Waals surface area contributed by atoms with Gasteiger partial charge in [-0.25, -0.2) is 4.48 Å². The maximum atomic E-state index is 2.59. The van der Waals surface area contributed by atoms with Crippen LogP contribution >= 0.6 is 0 Å². The summed E-state index contributed by atoms with van der Waals surface area (Å²) in [5.74, 6) is 0. The largest absolute Gasteiger partial charge is 0.232 e. The van der Waals surface area contributed by atoms with E-state index in [9.17, 15) is 0 Å². The molecule has 0 fully saturated rings. The zero-order valence-corrected chi connectivity index (χ0v) is 28.8. The van der Waals surface area contributed by atoms with Gasteiger partial charge in [0.2, 0.25) is 0 Å². The fraction of sp³-hybridized carbons (Fsp3) is 0.261. The highest BCUT2D eigenvalue weighted by Gasteiger charge is 2.48. The zero-order valence-electron chi connectivity index (χ0n) is 28.8. The standard InChI is InChI=1S/C46H44N/c1-44(2)38-20-12-10-17-33(38)36-27-29(24-26-40(36)44)47(7,30-23-25-34-31-15-8-11-19-37(31)45(3,4)41(34)28-30)42-22-14-18-35-32-16-9-13-21-39(32)46(5,6)43(35)42/h8-23,25,27-28H,24,26H2,1-7H3/q+1. The van der Waals surface area contributed by atoms with Crippen LogP contribution in [0.2, 0.25) is 0 Å². The molecular formula is C46H44N+.